The predicted molar refractivity (Wildman–Crippen MR) is 78.8 cm³/mol. The molecule has 0 unspecified atom stereocenters. The Bertz CT molecular complexity index is 423. The lowest BCUT2D eigenvalue weighted by atomic mass is 10.1. The van der Waals surface area contributed by atoms with Gasteiger partial charge in [-0.1, -0.05) is 0 Å². The van der Waals surface area contributed by atoms with Crippen molar-refractivity contribution >= 4 is 28.5 Å². The second-order valence-corrected chi connectivity index (χ2v) is 5.80. The fourth-order valence-corrected chi connectivity index (χ4v) is 3.00. The number of hydrogen-bond donors (Lipinski definition) is 0. The van der Waals surface area contributed by atoms with Gasteiger partial charge < -0.3 is 14.2 Å². The summed E-state index contributed by atoms with van der Waals surface area (Å²) in [5.41, 5.74) is 0.803. The molecule has 18 heavy (non-hydrogen) atoms. The summed E-state index contributed by atoms with van der Waals surface area (Å²) in [7, 11) is 1.74. The average Bonchev–Trinajstić information content (AvgIpc) is 2.79. The molecule has 0 N–H and O–H groups in total. The molecule has 0 saturated carbocycles. The third kappa shape index (κ3) is 2.88. The van der Waals surface area contributed by atoms with Crippen LogP contribution in [0.5, 0.6) is 0 Å². The second-order valence-electron chi connectivity index (χ2n) is 4.56. The topological polar surface area (TPSA) is 34.5 Å². The summed E-state index contributed by atoms with van der Waals surface area (Å²) in [6.45, 7) is 4.48. The van der Waals surface area contributed by atoms with Gasteiger partial charge in [-0.05, 0) is 48.4 Å². The smallest absolute Gasteiger partial charge is 0.270 e. The number of amides is 1. The Morgan fingerprint density at radius 1 is 1.50 bits per heavy atom. The van der Waals surface area contributed by atoms with E-state index in [1.54, 1.807) is 7.11 Å². The van der Waals surface area contributed by atoms with Crippen LogP contribution in [0.1, 0.15) is 30.3 Å². The quantitative estimate of drug-likeness (QED) is 0.774. The van der Waals surface area contributed by atoms with Crippen molar-refractivity contribution in [3.8, 4) is 0 Å². The van der Waals surface area contributed by atoms with Crippen LogP contribution in [0.2, 0.25) is 0 Å². The lowest BCUT2D eigenvalue weighted by Gasteiger charge is -2.31. The molecule has 2 heterocycles. The van der Waals surface area contributed by atoms with Crippen molar-refractivity contribution < 1.29 is 9.53 Å². The average molecular weight is 362 g/mol. The van der Waals surface area contributed by atoms with E-state index in [2.05, 4.69) is 29.5 Å². The zero-order valence-corrected chi connectivity index (χ0v) is 13.0. The number of aromatic nitrogens is 1. The second kappa shape index (κ2) is 6.06. The first kappa shape index (κ1) is 13.9. The Kier molecular flexibility index (Phi) is 4.66. The van der Waals surface area contributed by atoms with Gasteiger partial charge >= 0.3 is 0 Å². The van der Waals surface area contributed by atoms with Crippen molar-refractivity contribution in [2.75, 3.05) is 20.2 Å². The molecule has 0 aromatic carbocycles. The molecule has 1 aliphatic rings. The Hall–Kier alpha value is -0.560. The van der Waals surface area contributed by atoms with Gasteiger partial charge in [-0.3, -0.25) is 4.79 Å². The van der Waals surface area contributed by atoms with Crippen LogP contribution in [-0.4, -0.2) is 41.7 Å². The molecule has 1 saturated heterocycles. The molecule has 0 atom stereocenters. The zero-order valence-electron chi connectivity index (χ0n) is 10.9. The molecule has 0 bridgehead atoms. The minimum absolute atomic E-state index is 0.148. The molecular weight excluding hydrogens is 343 g/mol. The van der Waals surface area contributed by atoms with Gasteiger partial charge in [0.2, 0.25) is 0 Å². The molecule has 1 fully saturated rings. The van der Waals surface area contributed by atoms with Gasteiger partial charge in [0.25, 0.3) is 5.91 Å². The van der Waals surface area contributed by atoms with Crippen molar-refractivity contribution in [3.63, 3.8) is 0 Å². The van der Waals surface area contributed by atoms with Crippen LogP contribution in [-0.2, 0) is 11.3 Å². The summed E-state index contributed by atoms with van der Waals surface area (Å²) in [5, 5.41) is 0. The first-order chi connectivity index (χ1) is 8.65. The Balaban J connectivity index is 2.07. The van der Waals surface area contributed by atoms with Crippen LogP contribution in [0, 0.1) is 3.57 Å². The van der Waals surface area contributed by atoms with E-state index >= 15 is 0 Å². The number of nitrogens with zero attached hydrogens (tertiary/aromatic N) is 2. The maximum atomic E-state index is 12.4. The Labute approximate surface area is 121 Å². The maximum absolute atomic E-state index is 12.4. The van der Waals surface area contributed by atoms with Gasteiger partial charge in [-0.15, -0.1) is 0 Å². The van der Waals surface area contributed by atoms with Crippen LogP contribution < -0.4 is 0 Å². The van der Waals surface area contributed by atoms with E-state index in [9.17, 15) is 4.79 Å². The normalized spacial score (nSPS) is 17.2. The largest absolute Gasteiger partial charge is 0.381 e. The molecule has 1 aliphatic heterocycles. The number of piperidine rings is 1. The fraction of sp³-hybridized carbons (Fsp3) is 0.615. The van der Waals surface area contributed by atoms with E-state index < -0.39 is 0 Å². The monoisotopic (exact) mass is 362 g/mol. The lowest BCUT2D eigenvalue weighted by Crippen LogP contribution is -2.41. The number of carbonyl (C=O) groups excluding carboxylic acids is 1. The van der Waals surface area contributed by atoms with Crippen molar-refractivity contribution in [2.45, 2.75) is 32.4 Å². The highest BCUT2D eigenvalue weighted by Gasteiger charge is 2.25. The summed E-state index contributed by atoms with van der Waals surface area (Å²) >= 11 is 2.25. The molecule has 100 valence electrons. The predicted octanol–water partition coefficient (Wildman–Crippen LogP) is 2.36. The van der Waals surface area contributed by atoms with E-state index in [0.29, 0.717) is 6.10 Å². The highest BCUT2D eigenvalue weighted by Crippen LogP contribution is 2.18. The van der Waals surface area contributed by atoms with Crippen LogP contribution in [0.15, 0.2) is 12.3 Å². The molecule has 4 nitrogen and oxygen atoms in total. The van der Waals surface area contributed by atoms with E-state index in [1.807, 2.05) is 21.7 Å². The van der Waals surface area contributed by atoms with E-state index in [1.165, 1.54) is 0 Å². The zero-order chi connectivity index (χ0) is 13.1. The molecule has 0 radical (unpaired) electrons. The molecule has 1 amide bonds. The first-order valence-electron chi connectivity index (χ1n) is 6.33. The van der Waals surface area contributed by atoms with Gasteiger partial charge in [-0.25, -0.2) is 0 Å². The number of rotatable bonds is 3. The van der Waals surface area contributed by atoms with Crippen LogP contribution in [0.3, 0.4) is 0 Å². The van der Waals surface area contributed by atoms with Crippen molar-refractivity contribution in [1.29, 1.82) is 0 Å². The first-order valence-corrected chi connectivity index (χ1v) is 7.41. The van der Waals surface area contributed by atoms with Gasteiger partial charge in [-0.2, -0.15) is 0 Å². The number of halogens is 1. The third-order valence-electron chi connectivity index (χ3n) is 3.49. The van der Waals surface area contributed by atoms with Gasteiger partial charge in [0.1, 0.15) is 5.69 Å². The minimum Gasteiger partial charge on any atom is -0.381 e. The number of methoxy groups -OCH3 is 1. The van der Waals surface area contributed by atoms with Gasteiger partial charge in [0.05, 0.1) is 6.10 Å². The Morgan fingerprint density at radius 3 is 2.72 bits per heavy atom. The molecule has 2 rings (SSSR count). The summed E-state index contributed by atoms with van der Waals surface area (Å²) in [5.74, 6) is 0.148. The number of likely N-dealkylation sites (tertiary alicyclic amines) is 1. The number of ether oxygens (including phenoxy) is 1. The van der Waals surface area contributed by atoms with Crippen molar-refractivity contribution in [3.05, 3.63) is 21.5 Å². The van der Waals surface area contributed by atoms with Crippen molar-refractivity contribution in [1.82, 2.24) is 9.47 Å². The number of aryl methyl sites for hydroxylation is 1. The molecular formula is C13H19IN2O2. The number of carbonyl (C=O) groups is 1. The van der Waals surface area contributed by atoms with Gasteiger partial charge in [0, 0.05) is 36.5 Å². The molecule has 1 aromatic heterocycles. The van der Waals surface area contributed by atoms with E-state index in [4.69, 9.17) is 4.74 Å². The minimum atomic E-state index is 0.148. The standard InChI is InChI=1S/C13H19IN2O2/c1-3-15-9-10(14)8-12(15)13(17)16-6-4-11(18-2)5-7-16/h8-9,11H,3-7H2,1-2H3. The van der Waals surface area contributed by atoms with Gasteiger partial charge in [0.15, 0.2) is 0 Å². The lowest BCUT2D eigenvalue weighted by molar-refractivity contribution is 0.0345. The van der Waals surface area contributed by atoms with Crippen LogP contribution in [0.4, 0.5) is 0 Å². The summed E-state index contributed by atoms with van der Waals surface area (Å²) in [6.07, 6.45) is 4.21. The molecule has 1 aromatic rings. The van der Waals surface area contributed by atoms with Crippen molar-refractivity contribution in [2.24, 2.45) is 0 Å². The summed E-state index contributed by atoms with van der Waals surface area (Å²) in [4.78, 5) is 14.4. The van der Waals surface area contributed by atoms with Crippen LogP contribution >= 0.6 is 22.6 Å². The number of hydrogen-bond acceptors (Lipinski definition) is 2. The molecule has 0 aliphatic carbocycles. The summed E-state index contributed by atoms with van der Waals surface area (Å²) < 4.78 is 8.47. The Morgan fingerprint density at radius 2 is 2.17 bits per heavy atom. The highest BCUT2D eigenvalue weighted by atomic mass is 127. The molecule has 0 spiro atoms. The van der Waals surface area contributed by atoms with Crippen LogP contribution in [0.25, 0.3) is 0 Å². The molecule has 5 heteroatoms. The highest BCUT2D eigenvalue weighted by molar-refractivity contribution is 14.1. The van der Waals surface area contributed by atoms with E-state index in [0.717, 1.165) is 41.7 Å². The summed E-state index contributed by atoms with van der Waals surface area (Å²) in [6, 6.07) is 1.97. The maximum Gasteiger partial charge on any atom is 0.270 e. The SMILES string of the molecule is CCn1cc(I)cc1C(=O)N1CCC(OC)CC1. The fourth-order valence-electron chi connectivity index (χ4n) is 2.37. The third-order valence-corrected chi connectivity index (χ3v) is 4.08. The van der Waals surface area contributed by atoms with E-state index in [-0.39, 0.29) is 5.91 Å².